The molecule has 0 radical (unpaired) electrons. The molecule has 1 amide bonds. The number of primary amides is 1. The van der Waals surface area contributed by atoms with Crippen LogP contribution in [0, 0.1) is 0 Å². The second kappa shape index (κ2) is 3.85. The Morgan fingerprint density at radius 3 is 2.53 bits per heavy atom. The lowest BCUT2D eigenvalue weighted by atomic mass is 9.76. The number of nitrogens with one attached hydrogen (secondary N) is 1. The zero-order chi connectivity index (χ0) is 10.9. The number of hydrogen-bond donors (Lipinski definition) is 2. The van der Waals surface area contributed by atoms with Crippen LogP contribution in [0.5, 0.6) is 0 Å². The number of rotatable bonds is 3. The lowest BCUT2D eigenvalue weighted by Crippen LogP contribution is -2.55. The van der Waals surface area contributed by atoms with Gasteiger partial charge in [0.15, 0.2) is 0 Å². The smallest absolute Gasteiger partial charge is 0.243 e. The maximum atomic E-state index is 11.4. The van der Waals surface area contributed by atoms with Crippen molar-refractivity contribution in [2.45, 2.75) is 24.8 Å². The van der Waals surface area contributed by atoms with Crippen molar-refractivity contribution in [1.82, 2.24) is 0 Å². The Labute approximate surface area is 97.2 Å². The average Bonchev–Trinajstić information content (AvgIpc) is 2.13. The van der Waals surface area contributed by atoms with Crippen LogP contribution >= 0.6 is 15.9 Å². The van der Waals surface area contributed by atoms with Crippen molar-refractivity contribution in [3.8, 4) is 0 Å². The van der Waals surface area contributed by atoms with E-state index < -0.39 is 5.54 Å². The van der Waals surface area contributed by atoms with Crippen LogP contribution in [0.1, 0.15) is 19.3 Å². The molecule has 0 atom stereocenters. The number of halogens is 1. The lowest BCUT2D eigenvalue weighted by molar-refractivity contribution is -0.124. The molecular formula is C11H13BrN2O. The molecule has 0 heterocycles. The summed E-state index contributed by atoms with van der Waals surface area (Å²) in [6, 6.07) is 7.75. The monoisotopic (exact) mass is 268 g/mol. The topological polar surface area (TPSA) is 55.1 Å². The van der Waals surface area contributed by atoms with Crippen LogP contribution < -0.4 is 11.1 Å². The van der Waals surface area contributed by atoms with Gasteiger partial charge in [0.2, 0.25) is 5.91 Å². The minimum Gasteiger partial charge on any atom is -0.370 e. The first-order valence-corrected chi connectivity index (χ1v) is 5.76. The first-order valence-electron chi connectivity index (χ1n) is 4.97. The highest BCUT2D eigenvalue weighted by Gasteiger charge is 2.42. The zero-order valence-corrected chi connectivity index (χ0v) is 9.88. The van der Waals surface area contributed by atoms with E-state index in [9.17, 15) is 4.79 Å². The van der Waals surface area contributed by atoms with E-state index in [4.69, 9.17) is 5.73 Å². The number of carbonyl (C=O) groups is 1. The molecule has 0 aliphatic heterocycles. The third kappa shape index (κ3) is 1.86. The second-order valence-corrected chi connectivity index (χ2v) is 4.76. The van der Waals surface area contributed by atoms with Crippen LogP contribution in [0.15, 0.2) is 28.7 Å². The Morgan fingerprint density at radius 1 is 1.40 bits per heavy atom. The first kappa shape index (κ1) is 10.5. The molecule has 3 nitrogen and oxygen atoms in total. The minimum atomic E-state index is -0.524. The summed E-state index contributed by atoms with van der Waals surface area (Å²) < 4.78 is 0.956. The predicted molar refractivity (Wildman–Crippen MR) is 63.5 cm³/mol. The number of para-hydroxylation sites is 1. The van der Waals surface area contributed by atoms with Crippen molar-refractivity contribution in [3.63, 3.8) is 0 Å². The van der Waals surface area contributed by atoms with E-state index in [0.717, 1.165) is 29.4 Å². The summed E-state index contributed by atoms with van der Waals surface area (Å²) >= 11 is 3.44. The number of carbonyl (C=O) groups excluding carboxylic acids is 1. The molecule has 1 aromatic carbocycles. The molecule has 80 valence electrons. The van der Waals surface area contributed by atoms with Crippen molar-refractivity contribution in [1.29, 1.82) is 0 Å². The third-order valence-electron chi connectivity index (χ3n) is 2.93. The SMILES string of the molecule is NC(=O)C1(Nc2ccccc2Br)CCC1. The van der Waals surface area contributed by atoms with Crippen molar-refractivity contribution in [2.24, 2.45) is 5.73 Å². The van der Waals surface area contributed by atoms with Gasteiger partial charge in [-0.1, -0.05) is 12.1 Å². The Balaban J connectivity index is 2.21. The molecular weight excluding hydrogens is 256 g/mol. The van der Waals surface area contributed by atoms with Crippen molar-refractivity contribution >= 4 is 27.5 Å². The number of amides is 1. The van der Waals surface area contributed by atoms with Crippen LogP contribution in [0.25, 0.3) is 0 Å². The van der Waals surface area contributed by atoms with Gasteiger partial charge in [0.1, 0.15) is 5.54 Å². The minimum absolute atomic E-state index is 0.260. The summed E-state index contributed by atoms with van der Waals surface area (Å²) in [5.74, 6) is -0.260. The fourth-order valence-electron chi connectivity index (χ4n) is 1.78. The van der Waals surface area contributed by atoms with Gasteiger partial charge in [0, 0.05) is 10.2 Å². The number of anilines is 1. The van der Waals surface area contributed by atoms with Gasteiger partial charge in [0.05, 0.1) is 0 Å². The van der Waals surface area contributed by atoms with E-state index in [0.29, 0.717) is 0 Å². The highest BCUT2D eigenvalue weighted by atomic mass is 79.9. The molecule has 0 saturated heterocycles. The average molecular weight is 269 g/mol. The van der Waals surface area contributed by atoms with Gasteiger partial charge in [-0.05, 0) is 47.3 Å². The van der Waals surface area contributed by atoms with Gasteiger partial charge in [-0.3, -0.25) is 4.79 Å². The van der Waals surface area contributed by atoms with Crippen LogP contribution in [0.3, 0.4) is 0 Å². The van der Waals surface area contributed by atoms with Crippen molar-refractivity contribution in [2.75, 3.05) is 5.32 Å². The number of nitrogens with two attached hydrogens (primary N) is 1. The first-order chi connectivity index (χ1) is 7.14. The molecule has 0 spiro atoms. The summed E-state index contributed by atoms with van der Waals surface area (Å²) in [5, 5.41) is 3.24. The number of hydrogen-bond acceptors (Lipinski definition) is 2. The normalized spacial score (nSPS) is 17.9. The fourth-order valence-corrected chi connectivity index (χ4v) is 2.17. The summed E-state index contributed by atoms with van der Waals surface area (Å²) in [5.41, 5.74) is 5.82. The Hall–Kier alpha value is -1.03. The maximum Gasteiger partial charge on any atom is 0.243 e. The molecule has 0 aromatic heterocycles. The molecule has 4 heteroatoms. The van der Waals surface area contributed by atoms with Gasteiger partial charge in [-0.2, -0.15) is 0 Å². The summed E-state index contributed by atoms with van der Waals surface area (Å²) in [4.78, 5) is 11.4. The molecule has 15 heavy (non-hydrogen) atoms. The Morgan fingerprint density at radius 2 is 2.07 bits per heavy atom. The van der Waals surface area contributed by atoms with E-state index in [2.05, 4.69) is 21.2 Å². The van der Waals surface area contributed by atoms with Gasteiger partial charge in [0.25, 0.3) is 0 Å². The van der Waals surface area contributed by atoms with Crippen molar-refractivity contribution < 1.29 is 4.79 Å². The second-order valence-electron chi connectivity index (χ2n) is 3.90. The molecule has 3 N–H and O–H groups in total. The maximum absolute atomic E-state index is 11.4. The van der Waals surface area contributed by atoms with Crippen molar-refractivity contribution in [3.05, 3.63) is 28.7 Å². The lowest BCUT2D eigenvalue weighted by Gasteiger charge is -2.40. The summed E-state index contributed by atoms with van der Waals surface area (Å²) in [7, 11) is 0. The fraction of sp³-hybridized carbons (Fsp3) is 0.364. The predicted octanol–water partition coefficient (Wildman–Crippen LogP) is 2.27. The molecule has 0 unspecified atom stereocenters. The van der Waals surface area contributed by atoms with Crippen LogP contribution in [-0.2, 0) is 4.79 Å². The summed E-state index contributed by atoms with van der Waals surface area (Å²) in [6.07, 6.45) is 2.70. The summed E-state index contributed by atoms with van der Waals surface area (Å²) in [6.45, 7) is 0. The van der Waals surface area contributed by atoms with E-state index in [1.54, 1.807) is 0 Å². The van der Waals surface area contributed by atoms with E-state index in [1.807, 2.05) is 24.3 Å². The van der Waals surface area contributed by atoms with Gasteiger partial charge in [-0.15, -0.1) is 0 Å². The van der Waals surface area contributed by atoms with Gasteiger partial charge < -0.3 is 11.1 Å². The van der Waals surface area contributed by atoms with Gasteiger partial charge >= 0.3 is 0 Å². The molecule has 2 rings (SSSR count). The largest absolute Gasteiger partial charge is 0.370 e. The highest BCUT2D eigenvalue weighted by Crippen LogP contribution is 2.36. The standard InChI is InChI=1S/C11H13BrN2O/c12-8-4-1-2-5-9(8)14-11(10(13)15)6-3-7-11/h1-2,4-5,14H,3,6-7H2,(H2,13,15). The Kier molecular flexibility index (Phi) is 2.69. The molecule has 0 bridgehead atoms. The number of benzene rings is 1. The van der Waals surface area contributed by atoms with E-state index in [-0.39, 0.29) is 5.91 Å². The van der Waals surface area contributed by atoms with Crippen LogP contribution in [0.4, 0.5) is 5.69 Å². The molecule has 1 aliphatic rings. The molecule has 1 aromatic rings. The molecule has 1 saturated carbocycles. The van der Waals surface area contributed by atoms with Gasteiger partial charge in [-0.25, -0.2) is 0 Å². The molecule has 1 fully saturated rings. The van der Waals surface area contributed by atoms with Crippen LogP contribution in [0.2, 0.25) is 0 Å². The van der Waals surface area contributed by atoms with E-state index in [1.165, 1.54) is 0 Å². The molecule has 1 aliphatic carbocycles. The third-order valence-corrected chi connectivity index (χ3v) is 3.62. The zero-order valence-electron chi connectivity index (χ0n) is 8.29. The van der Waals surface area contributed by atoms with Crippen LogP contribution in [-0.4, -0.2) is 11.4 Å². The quantitative estimate of drug-likeness (QED) is 0.884. The Bertz CT molecular complexity index is 388. The highest BCUT2D eigenvalue weighted by molar-refractivity contribution is 9.10. The van der Waals surface area contributed by atoms with E-state index >= 15 is 0 Å².